The van der Waals surface area contributed by atoms with Crippen molar-refractivity contribution in [3.8, 4) is 0 Å². The number of amides is 1. The van der Waals surface area contributed by atoms with Crippen molar-refractivity contribution >= 4 is 5.91 Å². The first-order valence-electron chi connectivity index (χ1n) is 10.6. The number of nitrogens with one attached hydrogen (secondary N) is 2. The van der Waals surface area contributed by atoms with E-state index in [1.165, 1.54) is 38.5 Å². The Labute approximate surface area is 155 Å². The van der Waals surface area contributed by atoms with Crippen LogP contribution in [0.1, 0.15) is 80.6 Å². The molecule has 4 fully saturated rings. The molecule has 5 heteroatoms. The van der Waals surface area contributed by atoms with Gasteiger partial charge in [-0.2, -0.15) is 0 Å². The lowest BCUT2D eigenvalue weighted by Gasteiger charge is -2.46. The number of hydrogen-bond acceptors (Lipinski definition) is 4. The van der Waals surface area contributed by atoms with Crippen molar-refractivity contribution in [1.82, 2.24) is 15.6 Å². The average Bonchev–Trinajstić information content (AvgIpc) is 3.20. The Balaban J connectivity index is 1.27. The van der Waals surface area contributed by atoms with Gasteiger partial charge in [0.2, 0.25) is 0 Å². The highest BCUT2D eigenvalue weighted by atomic mass is 16.3. The number of nitrogens with zero attached hydrogens (tertiary/aromatic N) is 1. The zero-order chi connectivity index (χ0) is 17.7. The molecule has 1 saturated heterocycles. The van der Waals surface area contributed by atoms with Gasteiger partial charge in [0.15, 0.2) is 11.6 Å². The highest BCUT2D eigenvalue weighted by Crippen LogP contribution is 2.63. The molecule has 1 aromatic rings. The van der Waals surface area contributed by atoms with Gasteiger partial charge < -0.3 is 15.1 Å². The van der Waals surface area contributed by atoms with Crippen LogP contribution in [-0.4, -0.2) is 30.0 Å². The van der Waals surface area contributed by atoms with Crippen LogP contribution in [-0.2, 0) is 0 Å². The van der Waals surface area contributed by atoms with Crippen molar-refractivity contribution in [3.05, 3.63) is 17.8 Å². The fraction of sp³-hybridized carbons (Fsp3) is 0.810. The lowest BCUT2D eigenvalue weighted by atomic mass is 9.61. The molecule has 0 radical (unpaired) electrons. The van der Waals surface area contributed by atoms with E-state index in [4.69, 9.17) is 4.42 Å². The number of carbonyl (C=O) groups excluding carboxylic acids is 1. The third-order valence-corrected chi connectivity index (χ3v) is 8.06. The molecule has 4 aliphatic rings. The summed E-state index contributed by atoms with van der Waals surface area (Å²) in [6.45, 7) is 4.22. The van der Waals surface area contributed by atoms with Gasteiger partial charge in [-0.15, -0.1) is 0 Å². The minimum atomic E-state index is -0.0561. The van der Waals surface area contributed by atoms with E-state index < -0.39 is 0 Å². The summed E-state index contributed by atoms with van der Waals surface area (Å²) in [4.78, 5) is 17.4. The number of rotatable bonds is 4. The Morgan fingerprint density at radius 1 is 1.27 bits per heavy atom. The summed E-state index contributed by atoms with van der Waals surface area (Å²) in [6.07, 6.45) is 11.8. The van der Waals surface area contributed by atoms with Crippen LogP contribution in [0.5, 0.6) is 0 Å². The molecule has 1 aliphatic heterocycles. The van der Waals surface area contributed by atoms with Crippen LogP contribution in [0.2, 0.25) is 0 Å². The first-order chi connectivity index (χ1) is 12.6. The fourth-order valence-electron chi connectivity index (χ4n) is 6.73. The van der Waals surface area contributed by atoms with Crippen molar-refractivity contribution in [2.75, 3.05) is 13.1 Å². The molecule has 0 spiro atoms. The van der Waals surface area contributed by atoms with Gasteiger partial charge in [-0.3, -0.25) is 4.79 Å². The second-order valence-corrected chi connectivity index (χ2v) is 9.40. The molecular weight excluding hydrogens is 326 g/mol. The van der Waals surface area contributed by atoms with E-state index in [0.717, 1.165) is 49.6 Å². The maximum atomic E-state index is 12.8. The van der Waals surface area contributed by atoms with Crippen LogP contribution in [0.3, 0.4) is 0 Å². The molecular formula is C21H31N3O2. The Bertz CT molecular complexity index is 681. The lowest BCUT2D eigenvalue weighted by Crippen LogP contribution is -2.49. The Hall–Kier alpha value is -1.36. The first kappa shape index (κ1) is 16.8. The zero-order valence-corrected chi connectivity index (χ0v) is 15.8. The van der Waals surface area contributed by atoms with Crippen molar-refractivity contribution in [2.24, 2.45) is 23.2 Å². The Kier molecular flexibility index (Phi) is 4.11. The van der Waals surface area contributed by atoms with Crippen LogP contribution in [0.15, 0.2) is 10.7 Å². The van der Waals surface area contributed by atoms with Crippen LogP contribution >= 0.6 is 0 Å². The van der Waals surface area contributed by atoms with Crippen molar-refractivity contribution in [1.29, 1.82) is 0 Å². The van der Waals surface area contributed by atoms with Gasteiger partial charge in [0, 0.05) is 12.0 Å². The molecule has 3 aliphatic carbocycles. The molecule has 5 atom stereocenters. The molecule has 1 amide bonds. The van der Waals surface area contributed by atoms with E-state index >= 15 is 0 Å². The summed E-state index contributed by atoms with van der Waals surface area (Å²) < 4.78 is 5.66. The van der Waals surface area contributed by atoms with Gasteiger partial charge in [-0.1, -0.05) is 0 Å². The van der Waals surface area contributed by atoms with Crippen molar-refractivity contribution in [2.45, 2.75) is 70.3 Å². The molecule has 26 heavy (non-hydrogen) atoms. The van der Waals surface area contributed by atoms with Gasteiger partial charge in [-0.25, -0.2) is 4.98 Å². The lowest BCUT2D eigenvalue weighted by molar-refractivity contribution is 0.0519. The van der Waals surface area contributed by atoms with Gasteiger partial charge in [0.05, 0.1) is 0 Å². The van der Waals surface area contributed by atoms with Crippen LogP contribution in [0.25, 0.3) is 0 Å². The summed E-state index contributed by atoms with van der Waals surface area (Å²) >= 11 is 0. The molecule has 2 heterocycles. The average molecular weight is 357 g/mol. The number of hydrogen-bond donors (Lipinski definition) is 2. The molecule has 1 aromatic heterocycles. The highest BCUT2D eigenvalue weighted by molar-refractivity contribution is 5.92. The van der Waals surface area contributed by atoms with Gasteiger partial charge in [-0.05, 0) is 94.5 Å². The minimum absolute atomic E-state index is 0.0561. The highest BCUT2D eigenvalue weighted by Gasteiger charge is 2.56. The number of piperidine rings is 1. The summed E-state index contributed by atoms with van der Waals surface area (Å²) in [6, 6.07) is 0.225. The van der Waals surface area contributed by atoms with Crippen LogP contribution < -0.4 is 10.6 Å². The molecule has 5 rings (SSSR count). The van der Waals surface area contributed by atoms with E-state index in [-0.39, 0.29) is 11.9 Å². The predicted molar refractivity (Wildman–Crippen MR) is 98.9 cm³/mol. The third-order valence-electron chi connectivity index (χ3n) is 8.06. The predicted octanol–water partition coefficient (Wildman–Crippen LogP) is 3.48. The smallest absolute Gasteiger partial charge is 0.273 e. The number of aromatic nitrogens is 1. The van der Waals surface area contributed by atoms with Gasteiger partial charge in [0.25, 0.3) is 5.91 Å². The Morgan fingerprint density at radius 2 is 2.08 bits per heavy atom. The van der Waals surface area contributed by atoms with Gasteiger partial charge in [0.1, 0.15) is 6.26 Å². The van der Waals surface area contributed by atoms with E-state index in [1.807, 2.05) is 0 Å². The standard InChI is InChI=1S/C21H31N3O2/c1-13(21-5-2-14-8-15(11-21)10-17(21)9-14)23-19(25)18-12-26-20(24-18)16-3-6-22-7-4-16/h12-17,22H,2-11H2,1H3,(H,23,25). The topological polar surface area (TPSA) is 67.2 Å². The second kappa shape index (κ2) is 6.36. The molecule has 3 bridgehead atoms. The molecule has 2 N–H and O–H groups in total. The van der Waals surface area contributed by atoms with Crippen LogP contribution in [0.4, 0.5) is 0 Å². The van der Waals surface area contributed by atoms with E-state index in [0.29, 0.717) is 17.0 Å². The first-order valence-corrected chi connectivity index (χ1v) is 10.6. The minimum Gasteiger partial charge on any atom is -0.448 e. The monoisotopic (exact) mass is 357 g/mol. The zero-order valence-electron chi connectivity index (χ0n) is 15.8. The molecule has 0 aromatic carbocycles. The third kappa shape index (κ3) is 2.70. The summed E-state index contributed by atoms with van der Waals surface area (Å²) in [7, 11) is 0. The number of fused-ring (bicyclic) bond motifs is 2. The van der Waals surface area contributed by atoms with E-state index in [2.05, 4.69) is 22.5 Å². The summed E-state index contributed by atoms with van der Waals surface area (Å²) in [5.41, 5.74) is 0.783. The quantitative estimate of drug-likeness (QED) is 0.866. The largest absolute Gasteiger partial charge is 0.448 e. The summed E-state index contributed by atoms with van der Waals surface area (Å²) in [5.74, 6) is 3.70. The summed E-state index contributed by atoms with van der Waals surface area (Å²) in [5, 5.41) is 6.66. The molecule has 5 nitrogen and oxygen atoms in total. The fourth-order valence-corrected chi connectivity index (χ4v) is 6.73. The molecule has 5 unspecified atom stereocenters. The SMILES string of the molecule is CC(NC(=O)c1coc(C2CCNCC2)n1)C12CCC3CC(CC1C3)C2. The maximum Gasteiger partial charge on any atom is 0.273 e. The molecule has 142 valence electrons. The number of carbonyl (C=O) groups is 1. The van der Waals surface area contributed by atoms with Crippen LogP contribution in [0, 0.1) is 23.2 Å². The van der Waals surface area contributed by atoms with E-state index in [9.17, 15) is 4.79 Å². The van der Waals surface area contributed by atoms with Gasteiger partial charge >= 0.3 is 0 Å². The second-order valence-electron chi connectivity index (χ2n) is 9.40. The van der Waals surface area contributed by atoms with E-state index in [1.54, 1.807) is 6.26 Å². The maximum absolute atomic E-state index is 12.8. The normalized spacial score (nSPS) is 37.7. The van der Waals surface area contributed by atoms with Crippen molar-refractivity contribution in [3.63, 3.8) is 0 Å². The number of oxazole rings is 1. The molecule has 3 saturated carbocycles. The Morgan fingerprint density at radius 3 is 2.92 bits per heavy atom. The van der Waals surface area contributed by atoms with Crippen molar-refractivity contribution < 1.29 is 9.21 Å².